The molecule has 4 nitrogen and oxygen atoms in total. The van der Waals surface area contributed by atoms with Crippen molar-refractivity contribution in [1.29, 1.82) is 0 Å². The molecule has 3 aromatic rings. The van der Waals surface area contributed by atoms with Crippen molar-refractivity contribution in [3.05, 3.63) is 58.2 Å². The van der Waals surface area contributed by atoms with E-state index < -0.39 is 0 Å². The maximum atomic E-state index is 12.1. The zero-order valence-electron chi connectivity index (χ0n) is 10.8. The molecule has 106 valence electrons. The summed E-state index contributed by atoms with van der Waals surface area (Å²) in [5, 5.41) is 8.42. The maximum absolute atomic E-state index is 12.1. The highest BCUT2D eigenvalue weighted by Crippen LogP contribution is 2.23. The van der Waals surface area contributed by atoms with E-state index in [4.69, 9.17) is 27.7 Å². The third-order valence-electron chi connectivity index (χ3n) is 2.93. The van der Waals surface area contributed by atoms with Gasteiger partial charge in [-0.3, -0.25) is 4.79 Å². The van der Waals surface area contributed by atoms with Crippen LogP contribution < -0.4 is 5.32 Å². The van der Waals surface area contributed by atoms with E-state index >= 15 is 0 Å². The Labute approximate surface area is 130 Å². The number of para-hydroxylation sites is 1. The van der Waals surface area contributed by atoms with Crippen LogP contribution in [0.15, 0.2) is 47.0 Å². The number of fused-ring (bicyclic) bond motifs is 1. The topological polar surface area (TPSA) is 55.1 Å². The van der Waals surface area contributed by atoms with E-state index in [1.54, 1.807) is 24.3 Å². The van der Waals surface area contributed by atoms with Gasteiger partial charge in [0.2, 0.25) is 5.91 Å². The smallest absolute Gasteiger partial charge is 0.230 e. The second kappa shape index (κ2) is 5.76. The van der Waals surface area contributed by atoms with Crippen LogP contribution >= 0.6 is 23.2 Å². The van der Waals surface area contributed by atoms with Crippen LogP contribution in [0.1, 0.15) is 5.69 Å². The number of carbonyl (C=O) groups excluding carboxylic acids is 1. The van der Waals surface area contributed by atoms with Crippen molar-refractivity contribution < 1.29 is 9.32 Å². The van der Waals surface area contributed by atoms with Crippen LogP contribution in [0.3, 0.4) is 0 Å². The summed E-state index contributed by atoms with van der Waals surface area (Å²) in [6.07, 6.45) is 0.112. The van der Waals surface area contributed by atoms with Crippen molar-refractivity contribution >= 4 is 45.8 Å². The van der Waals surface area contributed by atoms with Crippen molar-refractivity contribution in [2.75, 3.05) is 5.32 Å². The van der Waals surface area contributed by atoms with Gasteiger partial charge in [0, 0.05) is 21.1 Å². The number of halogens is 2. The van der Waals surface area contributed by atoms with Gasteiger partial charge in [0.15, 0.2) is 5.58 Å². The van der Waals surface area contributed by atoms with Crippen LogP contribution in [-0.4, -0.2) is 11.1 Å². The lowest BCUT2D eigenvalue weighted by atomic mass is 10.1. The largest absolute Gasteiger partial charge is 0.356 e. The van der Waals surface area contributed by atoms with Crippen molar-refractivity contribution in [3.63, 3.8) is 0 Å². The van der Waals surface area contributed by atoms with Gasteiger partial charge < -0.3 is 9.84 Å². The molecule has 0 bridgehead atoms. The first-order chi connectivity index (χ1) is 10.1. The Morgan fingerprint density at radius 3 is 2.62 bits per heavy atom. The highest BCUT2D eigenvalue weighted by Gasteiger charge is 2.12. The first kappa shape index (κ1) is 13.9. The van der Waals surface area contributed by atoms with E-state index in [2.05, 4.69) is 10.5 Å². The summed E-state index contributed by atoms with van der Waals surface area (Å²) < 4.78 is 5.17. The van der Waals surface area contributed by atoms with Gasteiger partial charge in [-0.2, -0.15) is 0 Å². The first-order valence-electron chi connectivity index (χ1n) is 6.21. The van der Waals surface area contributed by atoms with Gasteiger partial charge in [-0.05, 0) is 30.3 Å². The molecule has 1 aromatic heterocycles. The lowest BCUT2D eigenvalue weighted by Crippen LogP contribution is -2.14. The van der Waals surface area contributed by atoms with E-state index in [1.165, 1.54) is 0 Å². The third kappa shape index (κ3) is 3.17. The average molecular weight is 321 g/mol. The van der Waals surface area contributed by atoms with E-state index in [0.29, 0.717) is 27.0 Å². The van der Waals surface area contributed by atoms with Gasteiger partial charge in [0.1, 0.15) is 5.69 Å². The number of hydrogen-bond acceptors (Lipinski definition) is 3. The van der Waals surface area contributed by atoms with Gasteiger partial charge in [-0.25, -0.2) is 0 Å². The lowest BCUT2D eigenvalue weighted by Gasteiger charge is -2.05. The zero-order chi connectivity index (χ0) is 14.8. The minimum atomic E-state index is -0.215. The summed E-state index contributed by atoms with van der Waals surface area (Å²) in [6.45, 7) is 0. The number of nitrogens with zero attached hydrogens (tertiary/aromatic N) is 1. The van der Waals surface area contributed by atoms with Crippen LogP contribution in [0.25, 0.3) is 11.0 Å². The SMILES string of the molecule is O=C(Cc1noc2ccccc12)Nc1cc(Cl)cc(Cl)c1. The third-order valence-corrected chi connectivity index (χ3v) is 3.36. The monoisotopic (exact) mass is 320 g/mol. The second-order valence-corrected chi connectivity index (χ2v) is 5.38. The summed E-state index contributed by atoms with van der Waals surface area (Å²) in [5.74, 6) is -0.215. The van der Waals surface area contributed by atoms with E-state index in [1.807, 2.05) is 18.2 Å². The molecule has 0 saturated carbocycles. The molecule has 0 atom stereocenters. The molecule has 0 aliphatic heterocycles. The number of carbonyl (C=O) groups is 1. The summed E-state index contributed by atoms with van der Waals surface area (Å²) in [5.41, 5.74) is 1.80. The lowest BCUT2D eigenvalue weighted by molar-refractivity contribution is -0.115. The van der Waals surface area contributed by atoms with Gasteiger partial charge in [0.05, 0.1) is 6.42 Å². The Morgan fingerprint density at radius 1 is 1.14 bits per heavy atom. The molecule has 1 heterocycles. The molecule has 0 spiro atoms. The van der Waals surface area contributed by atoms with E-state index in [9.17, 15) is 4.79 Å². The Hall–Kier alpha value is -2.04. The standard InChI is InChI=1S/C15H10Cl2N2O2/c16-9-5-10(17)7-11(6-9)18-15(20)8-13-12-3-1-2-4-14(12)21-19-13/h1-7H,8H2,(H,18,20). The molecule has 6 heteroatoms. The summed E-state index contributed by atoms with van der Waals surface area (Å²) >= 11 is 11.8. The first-order valence-corrected chi connectivity index (χ1v) is 6.96. The highest BCUT2D eigenvalue weighted by molar-refractivity contribution is 6.35. The molecular weight excluding hydrogens is 311 g/mol. The van der Waals surface area contributed by atoms with E-state index in [-0.39, 0.29) is 12.3 Å². The molecular formula is C15H10Cl2N2O2. The van der Waals surface area contributed by atoms with Crippen molar-refractivity contribution in [2.45, 2.75) is 6.42 Å². The van der Waals surface area contributed by atoms with Crippen LogP contribution in [-0.2, 0) is 11.2 Å². The number of benzene rings is 2. The molecule has 2 aromatic carbocycles. The van der Waals surface area contributed by atoms with Crippen molar-refractivity contribution in [1.82, 2.24) is 5.16 Å². The van der Waals surface area contributed by atoms with E-state index in [0.717, 1.165) is 5.39 Å². The Morgan fingerprint density at radius 2 is 1.86 bits per heavy atom. The van der Waals surface area contributed by atoms with Crippen LogP contribution in [0.4, 0.5) is 5.69 Å². The van der Waals surface area contributed by atoms with Crippen molar-refractivity contribution in [3.8, 4) is 0 Å². The molecule has 21 heavy (non-hydrogen) atoms. The fraction of sp³-hybridized carbons (Fsp3) is 0.0667. The molecule has 0 fully saturated rings. The Kier molecular flexibility index (Phi) is 3.82. The van der Waals surface area contributed by atoms with Gasteiger partial charge in [-0.15, -0.1) is 0 Å². The molecule has 0 saturated heterocycles. The van der Waals surface area contributed by atoms with Crippen LogP contribution in [0.2, 0.25) is 10.0 Å². The number of anilines is 1. The minimum absolute atomic E-state index is 0.112. The fourth-order valence-electron chi connectivity index (χ4n) is 2.05. The van der Waals surface area contributed by atoms with Gasteiger partial charge in [-0.1, -0.05) is 40.5 Å². The summed E-state index contributed by atoms with van der Waals surface area (Å²) in [4.78, 5) is 12.1. The normalized spacial score (nSPS) is 10.8. The number of aromatic nitrogens is 1. The predicted octanol–water partition coefficient (Wildman–Crippen LogP) is 4.32. The zero-order valence-corrected chi connectivity index (χ0v) is 12.3. The molecule has 0 radical (unpaired) electrons. The van der Waals surface area contributed by atoms with Crippen molar-refractivity contribution in [2.24, 2.45) is 0 Å². The maximum Gasteiger partial charge on any atom is 0.230 e. The van der Waals surface area contributed by atoms with Gasteiger partial charge in [0.25, 0.3) is 0 Å². The second-order valence-electron chi connectivity index (χ2n) is 4.51. The fourth-order valence-corrected chi connectivity index (χ4v) is 2.57. The highest BCUT2D eigenvalue weighted by atomic mass is 35.5. The number of rotatable bonds is 3. The number of hydrogen-bond donors (Lipinski definition) is 1. The molecule has 3 rings (SSSR count). The predicted molar refractivity (Wildman–Crippen MR) is 82.8 cm³/mol. The van der Waals surface area contributed by atoms with Crippen LogP contribution in [0.5, 0.6) is 0 Å². The number of nitrogens with one attached hydrogen (secondary N) is 1. The molecule has 0 unspecified atom stereocenters. The summed E-state index contributed by atoms with van der Waals surface area (Å²) in [6, 6.07) is 12.3. The number of amides is 1. The average Bonchev–Trinajstić information content (AvgIpc) is 2.81. The molecule has 1 N–H and O–H groups in total. The quantitative estimate of drug-likeness (QED) is 0.782. The Balaban J connectivity index is 1.77. The molecule has 0 aliphatic carbocycles. The molecule has 0 aliphatic rings. The molecule has 1 amide bonds. The van der Waals surface area contributed by atoms with Crippen LogP contribution in [0, 0.1) is 0 Å². The Bertz CT molecular complexity index is 794. The van der Waals surface area contributed by atoms with Gasteiger partial charge >= 0.3 is 0 Å². The summed E-state index contributed by atoms with van der Waals surface area (Å²) in [7, 11) is 0. The minimum Gasteiger partial charge on any atom is -0.356 e.